The van der Waals surface area contributed by atoms with Gasteiger partial charge >= 0.3 is 5.69 Å². The molecule has 0 spiro atoms. The highest BCUT2D eigenvalue weighted by Gasteiger charge is 2.42. The summed E-state index contributed by atoms with van der Waals surface area (Å²) in [5.41, 5.74) is 4.68. The predicted octanol–water partition coefficient (Wildman–Crippen LogP) is 5.10. The highest BCUT2D eigenvalue weighted by Crippen LogP contribution is 2.44. The van der Waals surface area contributed by atoms with Gasteiger partial charge in [0.05, 0.1) is 18.3 Å². The van der Waals surface area contributed by atoms with Crippen LogP contribution in [0.15, 0.2) is 53.6 Å². The zero-order valence-corrected chi connectivity index (χ0v) is 23.2. The lowest BCUT2D eigenvalue weighted by atomic mass is 9.87. The largest absolute Gasteiger partial charge is 0.328 e. The van der Waals surface area contributed by atoms with Crippen molar-refractivity contribution >= 4 is 5.78 Å². The van der Waals surface area contributed by atoms with Crippen LogP contribution < -0.4 is 5.69 Å². The van der Waals surface area contributed by atoms with Crippen LogP contribution in [0.3, 0.4) is 0 Å². The maximum absolute atomic E-state index is 14.0. The van der Waals surface area contributed by atoms with Crippen LogP contribution in [0, 0.1) is 17.8 Å². The number of rotatable bonds is 10. The number of unbranched alkanes of at least 4 members (excludes halogenated alkanes) is 1. The first kappa shape index (κ1) is 26.7. The second kappa shape index (κ2) is 11.5. The first-order valence-corrected chi connectivity index (χ1v) is 14.0. The third-order valence-corrected chi connectivity index (χ3v) is 8.19. The van der Waals surface area contributed by atoms with E-state index in [1.165, 1.54) is 0 Å². The minimum Gasteiger partial charge on any atom is -0.300 e. The SMILES string of the molecule is CCCCc1cn(C2C(C(C)=O)CCC2C(C)C)c(=O)n1Cc1cc(-c2cccc(-c3nnn[nH]3)c2)ccn1. The molecule has 9 heteroatoms. The number of aromatic amines is 1. The number of aromatic nitrogens is 7. The molecule has 3 atom stereocenters. The third-order valence-electron chi connectivity index (χ3n) is 8.19. The Morgan fingerprint density at radius 3 is 2.64 bits per heavy atom. The Balaban J connectivity index is 1.50. The van der Waals surface area contributed by atoms with E-state index in [1.807, 2.05) is 51.7 Å². The molecular formula is C30H37N7O2. The molecule has 4 aromatic rings. The lowest BCUT2D eigenvalue weighted by Gasteiger charge is -2.27. The van der Waals surface area contributed by atoms with E-state index in [4.69, 9.17) is 0 Å². The summed E-state index contributed by atoms with van der Waals surface area (Å²) in [6, 6.07) is 11.9. The molecule has 39 heavy (non-hydrogen) atoms. The lowest BCUT2D eigenvalue weighted by molar-refractivity contribution is -0.121. The number of hydrogen-bond donors (Lipinski definition) is 1. The van der Waals surface area contributed by atoms with Crippen LogP contribution in [0.25, 0.3) is 22.5 Å². The number of imidazole rings is 1. The van der Waals surface area contributed by atoms with Crippen LogP contribution in [0.5, 0.6) is 0 Å². The van der Waals surface area contributed by atoms with Crippen LogP contribution in [0.2, 0.25) is 0 Å². The summed E-state index contributed by atoms with van der Waals surface area (Å²) in [6.07, 6.45) is 8.48. The zero-order chi connectivity index (χ0) is 27.5. The van der Waals surface area contributed by atoms with Crippen LogP contribution in [0.4, 0.5) is 0 Å². The van der Waals surface area contributed by atoms with E-state index in [2.05, 4.69) is 46.4 Å². The Morgan fingerprint density at radius 2 is 1.92 bits per heavy atom. The molecular weight excluding hydrogens is 490 g/mol. The second-order valence-corrected chi connectivity index (χ2v) is 11.1. The number of carbonyl (C=O) groups is 1. The van der Waals surface area contributed by atoms with Gasteiger partial charge in [-0.25, -0.2) is 9.89 Å². The van der Waals surface area contributed by atoms with E-state index in [0.29, 0.717) is 24.2 Å². The smallest absolute Gasteiger partial charge is 0.300 e. The Kier molecular flexibility index (Phi) is 7.86. The number of tetrazole rings is 1. The van der Waals surface area contributed by atoms with Gasteiger partial charge in [-0.1, -0.05) is 45.4 Å². The number of carbonyl (C=O) groups excluding carboxylic acids is 1. The van der Waals surface area contributed by atoms with Crippen LogP contribution in [0.1, 0.15) is 70.8 Å². The maximum atomic E-state index is 14.0. The summed E-state index contributed by atoms with van der Waals surface area (Å²) in [6.45, 7) is 8.61. The Bertz CT molecular complexity index is 1490. The summed E-state index contributed by atoms with van der Waals surface area (Å²) in [7, 11) is 0. The molecule has 1 fully saturated rings. The predicted molar refractivity (Wildman–Crippen MR) is 150 cm³/mol. The topological polar surface area (TPSA) is 111 Å². The van der Waals surface area contributed by atoms with Gasteiger partial charge in [0.15, 0.2) is 5.82 Å². The van der Waals surface area contributed by atoms with Crippen molar-refractivity contribution in [3.63, 3.8) is 0 Å². The number of hydrogen-bond acceptors (Lipinski definition) is 6. The molecule has 3 heterocycles. The average Bonchev–Trinajstić information content (AvgIpc) is 3.68. The van der Waals surface area contributed by atoms with Crippen molar-refractivity contribution in [3.8, 4) is 22.5 Å². The minimum atomic E-state index is -0.113. The Labute approximate surface area is 228 Å². The molecule has 0 amide bonds. The maximum Gasteiger partial charge on any atom is 0.328 e. The molecule has 3 aromatic heterocycles. The van der Waals surface area contributed by atoms with E-state index in [-0.39, 0.29) is 23.4 Å². The molecule has 1 N–H and O–H groups in total. The highest BCUT2D eigenvalue weighted by molar-refractivity contribution is 5.79. The number of nitrogens with one attached hydrogen (secondary N) is 1. The fourth-order valence-electron chi connectivity index (χ4n) is 6.11. The molecule has 0 aliphatic heterocycles. The number of benzene rings is 1. The molecule has 0 bridgehead atoms. The fraction of sp³-hybridized carbons (Fsp3) is 0.467. The van der Waals surface area contributed by atoms with E-state index < -0.39 is 0 Å². The molecule has 3 unspecified atom stereocenters. The average molecular weight is 528 g/mol. The molecule has 5 rings (SSSR count). The van der Waals surface area contributed by atoms with Gasteiger partial charge in [-0.3, -0.25) is 18.9 Å². The van der Waals surface area contributed by atoms with Gasteiger partial charge in [0.25, 0.3) is 0 Å². The van der Waals surface area contributed by atoms with Gasteiger partial charge in [-0.2, -0.15) is 0 Å². The van der Waals surface area contributed by atoms with E-state index >= 15 is 0 Å². The van der Waals surface area contributed by atoms with Gasteiger partial charge in [0.2, 0.25) is 0 Å². The lowest BCUT2D eigenvalue weighted by Crippen LogP contribution is -2.35. The quantitative estimate of drug-likeness (QED) is 0.307. The molecule has 1 aliphatic rings. The summed E-state index contributed by atoms with van der Waals surface area (Å²) in [5, 5.41) is 14.2. The first-order chi connectivity index (χ1) is 18.9. The van der Waals surface area contributed by atoms with Crippen molar-refractivity contribution in [2.24, 2.45) is 17.8 Å². The number of H-pyrrole nitrogens is 1. The number of pyridine rings is 1. The Morgan fingerprint density at radius 1 is 1.13 bits per heavy atom. The summed E-state index contributed by atoms with van der Waals surface area (Å²) in [5.74, 6) is 1.37. The molecule has 0 radical (unpaired) electrons. The zero-order valence-electron chi connectivity index (χ0n) is 23.2. The standard InChI is InChI=1S/C30H37N7O2/c1-5-6-10-25-18-37(28-26(19(2)3)11-12-27(28)20(4)38)30(39)36(25)17-24-16-22(13-14-31-24)21-8-7-9-23(15-21)29-32-34-35-33-29/h7-9,13-16,18-19,26-28H,5-6,10-12,17H2,1-4H3,(H,32,33,34,35). The Hall–Kier alpha value is -3.88. The van der Waals surface area contributed by atoms with Crippen molar-refractivity contribution in [2.45, 2.75) is 72.4 Å². The van der Waals surface area contributed by atoms with Crippen molar-refractivity contribution in [3.05, 3.63) is 70.7 Å². The number of ketones is 1. The number of aryl methyl sites for hydroxylation is 1. The minimum absolute atomic E-state index is 0.0445. The van der Waals surface area contributed by atoms with Crippen molar-refractivity contribution in [2.75, 3.05) is 0 Å². The summed E-state index contributed by atoms with van der Waals surface area (Å²) >= 11 is 0. The number of nitrogens with zero attached hydrogens (tertiary/aromatic N) is 6. The molecule has 204 valence electrons. The van der Waals surface area contributed by atoms with E-state index in [9.17, 15) is 9.59 Å². The molecule has 9 nitrogen and oxygen atoms in total. The van der Waals surface area contributed by atoms with Gasteiger partial charge in [0, 0.05) is 29.6 Å². The third kappa shape index (κ3) is 5.48. The van der Waals surface area contributed by atoms with Gasteiger partial charge in [-0.15, -0.1) is 5.10 Å². The van der Waals surface area contributed by atoms with Crippen molar-refractivity contribution in [1.82, 2.24) is 34.7 Å². The number of Topliss-reactive ketones (excluding diaryl/α,β-unsaturated/α-hetero) is 1. The molecule has 1 aromatic carbocycles. The van der Waals surface area contributed by atoms with Crippen LogP contribution in [-0.4, -0.2) is 40.5 Å². The molecule has 1 aliphatic carbocycles. The summed E-state index contributed by atoms with van der Waals surface area (Å²) in [4.78, 5) is 31.2. The van der Waals surface area contributed by atoms with Gasteiger partial charge < -0.3 is 0 Å². The van der Waals surface area contributed by atoms with Crippen LogP contribution >= 0.6 is 0 Å². The van der Waals surface area contributed by atoms with E-state index in [0.717, 1.165) is 60.2 Å². The molecule has 1 saturated carbocycles. The highest BCUT2D eigenvalue weighted by atomic mass is 16.2. The molecule has 0 saturated heterocycles. The first-order valence-electron chi connectivity index (χ1n) is 14.0. The van der Waals surface area contributed by atoms with Crippen molar-refractivity contribution in [1.29, 1.82) is 0 Å². The van der Waals surface area contributed by atoms with E-state index in [1.54, 1.807) is 13.1 Å². The second-order valence-electron chi connectivity index (χ2n) is 11.1. The van der Waals surface area contributed by atoms with Crippen molar-refractivity contribution < 1.29 is 4.79 Å². The normalized spacial score (nSPS) is 19.2. The van der Waals surface area contributed by atoms with Crippen LogP contribution in [-0.2, 0) is 17.8 Å². The fourth-order valence-corrected chi connectivity index (χ4v) is 6.11. The van der Waals surface area contributed by atoms with Gasteiger partial charge in [0.1, 0.15) is 5.78 Å². The monoisotopic (exact) mass is 527 g/mol. The van der Waals surface area contributed by atoms with Gasteiger partial charge in [-0.05, 0) is 84.2 Å². The summed E-state index contributed by atoms with van der Waals surface area (Å²) < 4.78 is 3.75.